The standard InChI is InChI=1S/C15H20FN3OS/c1-11-5-6-12(10-13(11)16)15-19-18-14(21-15)4-3-7-17-8-9-20-2/h5-6,10,17H,3-4,7-9H2,1-2H3. The van der Waals surface area contributed by atoms with Crippen molar-refractivity contribution in [2.24, 2.45) is 0 Å². The maximum Gasteiger partial charge on any atom is 0.147 e. The Morgan fingerprint density at radius 1 is 1.29 bits per heavy atom. The van der Waals surface area contributed by atoms with Gasteiger partial charge in [-0.3, -0.25) is 0 Å². The number of benzene rings is 1. The number of halogens is 1. The minimum atomic E-state index is -0.202. The Bertz CT molecular complexity index is 574. The second kappa shape index (κ2) is 8.17. The first-order valence-electron chi connectivity index (χ1n) is 6.99. The summed E-state index contributed by atoms with van der Waals surface area (Å²) in [4.78, 5) is 0. The van der Waals surface area contributed by atoms with Gasteiger partial charge in [-0.1, -0.05) is 23.5 Å². The van der Waals surface area contributed by atoms with E-state index in [2.05, 4.69) is 15.5 Å². The van der Waals surface area contributed by atoms with Gasteiger partial charge in [0.1, 0.15) is 15.8 Å². The molecule has 0 fully saturated rings. The first-order valence-corrected chi connectivity index (χ1v) is 7.81. The monoisotopic (exact) mass is 309 g/mol. The molecule has 4 nitrogen and oxygen atoms in total. The lowest BCUT2D eigenvalue weighted by Gasteiger charge is -2.01. The van der Waals surface area contributed by atoms with Crippen LogP contribution in [-0.4, -0.2) is 37.0 Å². The molecular weight excluding hydrogens is 289 g/mol. The fourth-order valence-corrected chi connectivity index (χ4v) is 2.74. The van der Waals surface area contributed by atoms with E-state index >= 15 is 0 Å². The van der Waals surface area contributed by atoms with Crippen molar-refractivity contribution in [1.82, 2.24) is 15.5 Å². The zero-order valence-electron chi connectivity index (χ0n) is 12.4. The average molecular weight is 309 g/mol. The Hall–Kier alpha value is -1.37. The zero-order valence-corrected chi connectivity index (χ0v) is 13.2. The van der Waals surface area contributed by atoms with Crippen LogP contribution < -0.4 is 5.32 Å². The molecule has 0 aliphatic rings. The number of rotatable bonds is 8. The van der Waals surface area contributed by atoms with Gasteiger partial charge in [-0.2, -0.15) is 0 Å². The van der Waals surface area contributed by atoms with Crippen LogP contribution in [0.5, 0.6) is 0 Å². The lowest BCUT2D eigenvalue weighted by Crippen LogP contribution is -2.20. The van der Waals surface area contributed by atoms with Crippen LogP contribution in [0.25, 0.3) is 10.6 Å². The predicted molar refractivity (Wildman–Crippen MR) is 83.1 cm³/mol. The summed E-state index contributed by atoms with van der Waals surface area (Å²) in [6, 6.07) is 5.17. The van der Waals surface area contributed by atoms with Gasteiger partial charge in [0.15, 0.2) is 0 Å². The molecule has 0 aliphatic carbocycles. The summed E-state index contributed by atoms with van der Waals surface area (Å²) in [5.41, 5.74) is 1.44. The Morgan fingerprint density at radius 2 is 2.14 bits per heavy atom. The molecule has 114 valence electrons. The molecule has 0 bridgehead atoms. The summed E-state index contributed by atoms with van der Waals surface area (Å²) in [5.74, 6) is -0.202. The van der Waals surface area contributed by atoms with E-state index in [1.165, 1.54) is 17.4 Å². The van der Waals surface area contributed by atoms with Crippen LogP contribution in [0.1, 0.15) is 17.0 Å². The van der Waals surface area contributed by atoms with Gasteiger partial charge in [0, 0.05) is 25.6 Å². The molecule has 1 heterocycles. The molecule has 0 unspecified atom stereocenters. The molecule has 0 amide bonds. The van der Waals surface area contributed by atoms with Gasteiger partial charge >= 0.3 is 0 Å². The molecule has 0 atom stereocenters. The second-order valence-electron chi connectivity index (χ2n) is 4.81. The van der Waals surface area contributed by atoms with Gasteiger partial charge in [0.05, 0.1) is 6.61 Å². The highest BCUT2D eigenvalue weighted by molar-refractivity contribution is 7.14. The molecule has 1 aromatic carbocycles. The second-order valence-corrected chi connectivity index (χ2v) is 5.87. The number of methoxy groups -OCH3 is 1. The van der Waals surface area contributed by atoms with E-state index in [-0.39, 0.29) is 5.82 Å². The molecule has 0 saturated heterocycles. The third-order valence-corrected chi connectivity index (χ3v) is 4.14. The van der Waals surface area contributed by atoms with Gasteiger partial charge in [-0.05, 0) is 31.5 Å². The molecule has 0 radical (unpaired) electrons. The number of nitrogens with zero attached hydrogens (tertiary/aromatic N) is 2. The van der Waals surface area contributed by atoms with E-state index in [0.29, 0.717) is 5.56 Å². The minimum Gasteiger partial charge on any atom is -0.383 e. The highest BCUT2D eigenvalue weighted by Gasteiger charge is 2.08. The fraction of sp³-hybridized carbons (Fsp3) is 0.467. The Kier molecular flexibility index (Phi) is 6.22. The van der Waals surface area contributed by atoms with Crippen molar-refractivity contribution in [2.75, 3.05) is 26.8 Å². The fourth-order valence-electron chi connectivity index (χ4n) is 1.86. The lowest BCUT2D eigenvalue weighted by molar-refractivity contribution is 0.199. The maximum atomic E-state index is 13.6. The first kappa shape index (κ1) is 16.0. The van der Waals surface area contributed by atoms with Crippen molar-refractivity contribution in [3.63, 3.8) is 0 Å². The third-order valence-electron chi connectivity index (χ3n) is 3.11. The molecule has 2 aromatic rings. The van der Waals surface area contributed by atoms with Crippen LogP contribution in [0, 0.1) is 12.7 Å². The van der Waals surface area contributed by atoms with Gasteiger partial charge in [0.2, 0.25) is 0 Å². The maximum absolute atomic E-state index is 13.6. The summed E-state index contributed by atoms with van der Waals surface area (Å²) < 4.78 is 18.5. The van der Waals surface area contributed by atoms with E-state index in [0.717, 1.165) is 48.1 Å². The average Bonchev–Trinajstić information content (AvgIpc) is 2.94. The van der Waals surface area contributed by atoms with Crippen LogP contribution in [0.2, 0.25) is 0 Å². The molecule has 0 spiro atoms. The summed E-state index contributed by atoms with van der Waals surface area (Å²) in [6.07, 6.45) is 1.88. The van der Waals surface area contributed by atoms with Crippen molar-refractivity contribution >= 4 is 11.3 Å². The summed E-state index contributed by atoms with van der Waals surface area (Å²) in [7, 11) is 1.69. The van der Waals surface area contributed by atoms with Gasteiger partial charge in [-0.25, -0.2) is 4.39 Å². The molecule has 1 aromatic heterocycles. The molecule has 21 heavy (non-hydrogen) atoms. The molecule has 0 saturated carbocycles. The van der Waals surface area contributed by atoms with Crippen molar-refractivity contribution in [3.05, 3.63) is 34.6 Å². The largest absolute Gasteiger partial charge is 0.383 e. The van der Waals surface area contributed by atoms with Crippen molar-refractivity contribution < 1.29 is 9.13 Å². The van der Waals surface area contributed by atoms with E-state index < -0.39 is 0 Å². The van der Waals surface area contributed by atoms with E-state index in [1.54, 1.807) is 20.1 Å². The van der Waals surface area contributed by atoms with Crippen LogP contribution in [0.15, 0.2) is 18.2 Å². The van der Waals surface area contributed by atoms with Crippen molar-refractivity contribution in [1.29, 1.82) is 0 Å². The van der Waals surface area contributed by atoms with Gasteiger partial charge in [0.25, 0.3) is 0 Å². The Labute approximate surface area is 128 Å². The van der Waals surface area contributed by atoms with E-state index in [4.69, 9.17) is 4.74 Å². The normalized spacial score (nSPS) is 11.0. The lowest BCUT2D eigenvalue weighted by atomic mass is 10.1. The minimum absolute atomic E-state index is 0.202. The smallest absolute Gasteiger partial charge is 0.147 e. The SMILES string of the molecule is COCCNCCCc1nnc(-c2ccc(C)c(F)c2)s1. The molecule has 2 rings (SSSR count). The summed E-state index contributed by atoms with van der Waals surface area (Å²) in [5, 5.41) is 13.4. The highest BCUT2D eigenvalue weighted by Crippen LogP contribution is 2.25. The third kappa shape index (κ3) is 4.84. The Morgan fingerprint density at radius 3 is 2.90 bits per heavy atom. The number of hydrogen-bond acceptors (Lipinski definition) is 5. The summed E-state index contributed by atoms with van der Waals surface area (Å²) >= 11 is 1.53. The number of hydrogen-bond donors (Lipinski definition) is 1. The molecule has 0 aliphatic heterocycles. The van der Waals surface area contributed by atoms with Crippen LogP contribution in [0.3, 0.4) is 0 Å². The van der Waals surface area contributed by atoms with Gasteiger partial charge < -0.3 is 10.1 Å². The molecule has 6 heteroatoms. The van der Waals surface area contributed by atoms with Crippen LogP contribution in [0.4, 0.5) is 4.39 Å². The predicted octanol–water partition coefficient (Wildman–Crippen LogP) is 2.82. The number of nitrogens with one attached hydrogen (secondary N) is 1. The topological polar surface area (TPSA) is 47.0 Å². The molecular formula is C15H20FN3OS. The summed E-state index contributed by atoms with van der Waals surface area (Å²) in [6.45, 7) is 4.26. The van der Waals surface area contributed by atoms with Crippen LogP contribution >= 0.6 is 11.3 Å². The first-order chi connectivity index (χ1) is 10.2. The number of ether oxygens (including phenoxy) is 1. The van der Waals surface area contributed by atoms with E-state index in [9.17, 15) is 4.39 Å². The van der Waals surface area contributed by atoms with Gasteiger partial charge in [-0.15, -0.1) is 10.2 Å². The molecule has 1 N–H and O–H groups in total. The number of aryl methyl sites for hydroxylation is 2. The van der Waals surface area contributed by atoms with Crippen molar-refractivity contribution in [2.45, 2.75) is 19.8 Å². The van der Waals surface area contributed by atoms with E-state index in [1.807, 2.05) is 6.07 Å². The van der Waals surface area contributed by atoms with Crippen molar-refractivity contribution in [3.8, 4) is 10.6 Å². The number of aromatic nitrogens is 2. The zero-order chi connectivity index (χ0) is 15.1. The highest BCUT2D eigenvalue weighted by atomic mass is 32.1. The Balaban J connectivity index is 1.85. The van der Waals surface area contributed by atoms with Crippen LogP contribution in [-0.2, 0) is 11.2 Å². The quantitative estimate of drug-likeness (QED) is 0.762.